The first kappa shape index (κ1) is 14.7. The fourth-order valence-corrected chi connectivity index (χ4v) is 5.36. The monoisotopic (exact) mass is 372 g/mol. The summed E-state index contributed by atoms with van der Waals surface area (Å²) in [5.41, 5.74) is 0. The van der Waals surface area contributed by atoms with Gasteiger partial charge >= 0.3 is 0 Å². The molecule has 1 atom stereocenters. The predicted molar refractivity (Wildman–Crippen MR) is 77.9 cm³/mol. The minimum atomic E-state index is -3.45. The molecule has 1 aromatic rings. The van der Waals surface area contributed by atoms with Crippen LogP contribution >= 0.6 is 38.9 Å². The molecule has 0 aromatic carbocycles. The number of rotatable bonds is 4. The Kier molecular flexibility index (Phi) is 5.07. The zero-order chi connectivity index (χ0) is 13.2. The maximum atomic E-state index is 12.0. The van der Waals surface area contributed by atoms with E-state index in [0.29, 0.717) is 15.4 Å². The number of nitrogens with one attached hydrogen (secondary N) is 2. The van der Waals surface area contributed by atoms with Crippen LogP contribution in [-0.4, -0.2) is 27.5 Å². The van der Waals surface area contributed by atoms with Crippen molar-refractivity contribution in [3.05, 3.63) is 14.9 Å². The van der Waals surface area contributed by atoms with Gasteiger partial charge in [0.25, 0.3) is 0 Å². The highest BCUT2D eigenvalue weighted by Crippen LogP contribution is 2.34. The predicted octanol–water partition coefficient (Wildman–Crippen LogP) is 2.58. The summed E-state index contributed by atoms with van der Waals surface area (Å²) in [5, 5.41) is 3.73. The third kappa shape index (κ3) is 3.68. The van der Waals surface area contributed by atoms with E-state index in [1.807, 2.05) is 0 Å². The zero-order valence-corrected chi connectivity index (χ0v) is 13.6. The van der Waals surface area contributed by atoms with Crippen LogP contribution in [0.4, 0.5) is 0 Å². The molecule has 0 saturated carbocycles. The largest absolute Gasteiger partial charge is 0.313 e. The summed E-state index contributed by atoms with van der Waals surface area (Å²) in [4.78, 5) is 0. The van der Waals surface area contributed by atoms with Gasteiger partial charge in [0.05, 0.1) is 8.81 Å². The van der Waals surface area contributed by atoms with E-state index in [-0.39, 0.29) is 10.3 Å². The highest BCUT2D eigenvalue weighted by molar-refractivity contribution is 9.11. The minimum absolute atomic E-state index is 0.229. The van der Waals surface area contributed by atoms with Gasteiger partial charge < -0.3 is 5.32 Å². The standard InChI is InChI=1S/C10H14BrClN2O2S2/c11-10-8(12)5-9(17-10)18(15,16)14-6-7-3-1-2-4-13-7/h5,7,13-14H,1-4,6H2. The molecule has 0 amide bonds. The van der Waals surface area contributed by atoms with Gasteiger partial charge in [-0.3, -0.25) is 0 Å². The molecule has 1 saturated heterocycles. The molecule has 0 aliphatic carbocycles. The SMILES string of the molecule is O=S(=O)(NCC1CCCCN1)c1cc(Cl)c(Br)s1. The van der Waals surface area contributed by atoms with Crippen molar-refractivity contribution in [3.8, 4) is 0 Å². The quantitative estimate of drug-likeness (QED) is 0.853. The van der Waals surface area contributed by atoms with E-state index in [1.165, 1.54) is 6.07 Å². The molecule has 4 nitrogen and oxygen atoms in total. The lowest BCUT2D eigenvalue weighted by atomic mass is 10.1. The molecule has 1 aliphatic rings. The first-order valence-corrected chi connectivity index (χ1v) is 9.14. The lowest BCUT2D eigenvalue weighted by Gasteiger charge is -2.23. The van der Waals surface area contributed by atoms with Gasteiger partial charge in [0, 0.05) is 12.6 Å². The van der Waals surface area contributed by atoms with E-state index in [0.717, 1.165) is 37.1 Å². The van der Waals surface area contributed by atoms with Crippen LogP contribution < -0.4 is 10.0 Å². The van der Waals surface area contributed by atoms with Crippen LogP contribution in [0.3, 0.4) is 0 Å². The van der Waals surface area contributed by atoms with Gasteiger partial charge in [0.1, 0.15) is 4.21 Å². The first-order chi connectivity index (χ1) is 8.49. The molecule has 102 valence electrons. The fraction of sp³-hybridized carbons (Fsp3) is 0.600. The van der Waals surface area contributed by atoms with Gasteiger partial charge in [0.15, 0.2) is 0 Å². The fourth-order valence-electron chi connectivity index (χ4n) is 1.84. The maximum absolute atomic E-state index is 12.0. The van der Waals surface area contributed by atoms with E-state index in [1.54, 1.807) is 0 Å². The highest BCUT2D eigenvalue weighted by Gasteiger charge is 2.21. The second-order valence-electron chi connectivity index (χ2n) is 4.19. The van der Waals surface area contributed by atoms with Crippen LogP contribution in [0, 0.1) is 0 Å². The number of hydrogen-bond acceptors (Lipinski definition) is 4. The average Bonchev–Trinajstić information content (AvgIpc) is 2.70. The molecule has 1 unspecified atom stereocenters. The number of hydrogen-bond donors (Lipinski definition) is 2. The van der Waals surface area contributed by atoms with E-state index in [4.69, 9.17) is 11.6 Å². The van der Waals surface area contributed by atoms with Crippen molar-refractivity contribution >= 4 is 48.9 Å². The van der Waals surface area contributed by atoms with Gasteiger partial charge in [0.2, 0.25) is 10.0 Å². The summed E-state index contributed by atoms with van der Waals surface area (Å²) in [6.07, 6.45) is 3.32. The molecule has 0 bridgehead atoms. The summed E-state index contributed by atoms with van der Waals surface area (Å²) in [5.74, 6) is 0. The van der Waals surface area contributed by atoms with Crippen molar-refractivity contribution < 1.29 is 8.42 Å². The van der Waals surface area contributed by atoms with Gasteiger partial charge in [-0.05, 0) is 41.4 Å². The van der Waals surface area contributed by atoms with Gasteiger partial charge in [-0.2, -0.15) is 0 Å². The Morgan fingerprint density at radius 2 is 2.33 bits per heavy atom. The molecule has 1 fully saturated rings. The van der Waals surface area contributed by atoms with Gasteiger partial charge in [-0.15, -0.1) is 11.3 Å². The smallest absolute Gasteiger partial charge is 0.250 e. The van der Waals surface area contributed by atoms with E-state index < -0.39 is 10.0 Å². The van der Waals surface area contributed by atoms with Crippen LogP contribution in [0.2, 0.25) is 5.02 Å². The summed E-state index contributed by atoms with van der Waals surface area (Å²) in [6.45, 7) is 1.39. The lowest BCUT2D eigenvalue weighted by molar-refractivity contribution is 0.398. The topological polar surface area (TPSA) is 58.2 Å². The van der Waals surface area contributed by atoms with Gasteiger partial charge in [-0.1, -0.05) is 18.0 Å². The summed E-state index contributed by atoms with van der Waals surface area (Å²) < 4.78 is 27.6. The van der Waals surface area contributed by atoms with Crippen molar-refractivity contribution in [1.82, 2.24) is 10.0 Å². The second kappa shape index (κ2) is 6.19. The van der Waals surface area contributed by atoms with Crippen LogP contribution in [0.15, 0.2) is 14.1 Å². The van der Waals surface area contributed by atoms with Crippen molar-refractivity contribution in [3.63, 3.8) is 0 Å². The molecule has 8 heteroatoms. The van der Waals surface area contributed by atoms with Gasteiger partial charge in [-0.25, -0.2) is 13.1 Å². The molecule has 2 N–H and O–H groups in total. The van der Waals surface area contributed by atoms with Crippen LogP contribution in [0.1, 0.15) is 19.3 Å². The molecule has 1 aromatic heterocycles. The minimum Gasteiger partial charge on any atom is -0.313 e. The van der Waals surface area contributed by atoms with Crippen molar-refractivity contribution in [1.29, 1.82) is 0 Å². The third-order valence-electron chi connectivity index (χ3n) is 2.82. The molecule has 2 rings (SSSR count). The molecule has 0 spiro atoms. The van der Waals surface area contributed by atoms with E-state index >= 15 is 0 Å². The molecule has 2 heterocycles. The lowest BCUT2D eigenvalue weighted by Crippen LogP contribution is -2.43. The molecular weight excluding hydrogens is 360 g/mol. The van der Waals surface area contributed by atoms with Crippen LogP contribution in [0.5, 0.6) is 0 Å². The Morgan fingerprint density at radius 1 is 1.56 bits per heavy atom. The first-order valence-electron chi connectivity index (χ1n) is 5.67. The van der Waals surface area contributed by atoms with E-state index in [2.05, 4.69) is 26.0 Å². The maximum Gasteiger partial charge on any atom is 0.250 e. The number of halogens is 2. The Labute approximate surface area is 124 Å². The van der Waals surface area contributed by atoms with Crippen molar-refractivity contribution in [2.45, 2.75) is 29.5 Å². The number of sulfonamides is 1. The molecule has 0 radical (unpaired) electrons. The Morgan fingerprint density at radius 3 is 2.89 bits per heavy atom. The Hall–Kier alpha value is 0.340. The second-order valence-corrected chi connectivity index (χ2v) is 8.96. The Bertz CT molecular complexity index is 492. The summed E-state index contributed by atoms with van der Waals surface area (Å²) >= 11 is 10.2. The van der Waals surface area contributed by atoms with Crippen molar-refractivity contribution in [2.24, 2.45) is 0 Å². The average molecular weight is 374 g/mol. The van der Waals surface area contributed by atoms with E-state index in [9.17, 15) is 8.42 Å². The normalized spacial score (nSPS) is 21.1. The summed E-state index contributed by atoms with van der Waals surface area (Å²) in [6, 6.07) is 1.69. The third-order valence-corrected chi connectivity index (χ3v) is 7.19. The van der Waals surface area contributed by atoms with Crippen LogP contribution in [-0.2, 0) is 10.0 Å². The Balaban J connectivity index is 1.98. The number of thiophene rings is 1. The molecule has 1 aliphatic heterocycles. The molecular formula is C10H14BrClN2O2S2. The zero-order valence-electron chi connectivity index (χ0n) is 9.58. The highest BCUT2D eigenvalue weighted by atomic mass is 79.9. The van der Waals surface area contributed by atoms with Crippen LogP contribution in [0.25, 0.3) is 0 Å². The molecule has 18 heavy (non-hydrogen) atoms. The number of piperidine rings is 1. The van der Waals surface area contributed by atoms with Crippen molar-refractivity contribution in [2.75, 3.05) is 13.1 Å². The summed E-state index contributed by atoms with van der Waals surface area (Å²) in [7, 11) is -3.45.